The van der Waals surface area contributed by atoms with E-state index >= 15 is 0 Å². The van der Waals surface area contributed by atoms with Crippen molar-refractivity contribution in [3.05, 3.63) is 22.8 Å². The van der Waals surface area contributed by atoms with Crippen LogP contribution in [0.5, 0.6) is 0 Å². The Morgan fingerprint density at radius 3 is 2.75 bits per heavy atom. The maximum absolute atomic E-state index is 11.0. The van der Waals surface area contributed by atoms with Gasteiger partial charge in [-0.25, -0.2) is 9.78 Å². The average Bonchev–Trinajstić information content (AvgIpc) is 2.70. The molecule has 1 heterocycles. The summed E-state index contributed by atoms with van der Waals surface area (Å²) in [6.45, 7) is 0. The largest absolute Gasteiger partial charge is 0.478 e. The molecule has 86 valence electrons. The lowest BCUT2D eigenvalue weighted by Crippen LogP contribution is -2.18. The molecule has 5 heteroatoms. The standard InChI is InChI=1S/C11H13ClN2O2/c12-9-6-5-8(11(15)16)10(14-9)13-7-3-1-2-4-7/h5-7H,1-4H2,(H,13,14)(H,15,16). The molecule has 1 fully saturated rings. The first-order chi connectivity index (χ1) is 7.66. The number of carboxylic acid groups (broad SMARTS) is 1. The summed E-state index contributed by atoms with van der Waals surface area (Å²) in [4.78, 5) is 15.0. The summed E-state index contributed by atoms with van der Waals surface area (Å²) in [5.41, 5.74) is 0.177. The highest BCUT2D eigenvalue weighted by Gasteiger charge is 2.19. The van der Waals surface area contributed by atoms with E-state index in [0.29, 0.717) is 17.0 Å². The number of aromatic nitrogens is 1. The molecular weight excluding hydrogens is 228 g/mol. The molecule has 1 saturated carbocycles. The van der Waals surface area contributed by atoms with E-state index in [9.17, 15) is 4.79 Å². The van der Waals surface area contributed by atoms with E-state index in [2.05, 4.69) is 10.3 Å². The topological polar surface area (TPSA) is 62.2 Å². The van der Waals surface area contributed by atoms with Gasteiger partial charge in [0.15, 0.2) is 0 Å². The van der Waals surface area contributed by atoms with Crippen LogP contribution < -0.4 is 5.32 Å². The summed E-state index contributed by atoms with van der Waals surface area (Å²) >= 11 is 5.76. The number of rotatable bonds is 3. The van der Waals surface area contributed by atoms with E-state index < -0.39 is 5.97 Å². The first-order valence-corrected chi connectivity index (χ1v) is 5.71. The molecule has 0 unspecified atom stereocenters. The lowest BCUT2D eigenvalue weighted by atomic mass is 10.2. The molecule has 0 saturated heterocycles. The van der Waals surface area contributed by atoms with Gasteiger partial charge in [-0.05, 0) is 25.0 Å². The fraction of sp³-hybridized carbons (Fsp3) is 0.455. The minimum atomic E-state index is -0.982. The first-order valence-electron chi connectivity index (χ1n) is 5.33. The van der Waals surface area contributed by atoms with Gasteiger partial charge in [0.25, 0.3) is 0 Å². The van der Waals surface area contributed by atoms with E-state index in [1.54, 1.807) is 0 Å². The number of hydrogen-bond donors (Lipinski definition) is 2. The van der Waals surface area contributed by atoms with Crippen molar-refractivity contribution in [1.82, 2.24) is 4.98 Å². The minimum Gasteiger partial charge on any atom is -0.478 e. The zero-order valence-electron chi connectivity index (χ0n) is 8.74. The van der Waals surface area contributed by atoms with Crippen LogP contribution in [0.4, 0.5) is 5.82 Å². The number of pyridine rings is 1. The smallest absolute Gasteiger partial charge is 0.339 e. The van der Waals surface area contributed by atoms with Crippen molar-refractivity contribution in [2.24, 2.45) is 0 Å². The molecule has 16 heavy (non-hydrogen) atoms. The zero-order chi connectivity index (χ0) is 11.5. The molecule has 2 rings (SSSR count). The van der Waals surface area contributed by atoms with E-state index in [4.69, 9.17) is 16.7 Å². The van der Waals surface area contributed by atoms with Crippen LogP contribution >= 0.6 is 11.6 Å². The van der Waals surface area contributed by atoms with E-state index in [0.717, 1.165) is 12.8 Å². The second kappa shape index (κ2) is 4.70. The van der Waals surface area contributed by atoms with Crippen molar-refractivity contribution in [1.29, 1.82) is 0 Å². The maximum Gasteiger partial charge on any atom is 0.339 e. The fourth-order valence-electron chi connectivity index (χ4n) is 1.98. The van der Waals surface area contributed by atoms with Crippen LogP contribution in [0.1, 0.15) is 36.0 Å². The average molecular weight is 241 g/mol. The van der Waals surface area contributed by atoms with Gasteiger partial charge < -0.3 is 10.4 Å². The van der Waals surface area contributed by atoms with Crippen LogP contribution in [-0.4, -0.2) is 22.1 Å². The van der Waals surface area contributed by atoms with E-state index in [1.807, 2.05) is 0 Å². The molecule has 1 aromatic heterocycles. The van der Waals surface area contributed by atoms with Gasteiger partial charge in [0.05, 0.1) is 0 Å². The Bertz CT molecular complexity index is 403. The lowest BCUT2D eigenvalue weighted by Gasteiger charge is -2.14. The van der Waals surface area contributed by atoms with Crippen LogP contribution in [0.3, 0.4) is 0 Å². The number of aromatic carboxylic acids is 1. The molecule has 1 aliphatic rings. The van der Waals surface area contributed by atoms with Crippen LogP contribution in [0.25, 0.3) is 0 Å². The molecule has 1 aliphatic carbocycles. The molecule has 4 nitrogen and oxygen atoms in total. The molecule has 0 bridgehead atoms. The van der Waals surface area contributed by atoms with Crippen molar-refractivity contribution in [2.45, 2.75) is 31.7 Å². The Balaban J connectivity index is 2.22. The Hall–Kier alpha value is -1.29. The highest BCUT2D eigenvalue weighted by atomic mass is 35.5. The first kappa shape index (κ1) is 11.2. The second-order valence-corrected chi connectivity index (χ2v) is 4.35. The third kappa shape index (κ3) is 2.44. The fourth-order valence-corrected chi connectivity index (χ4v) is 2.13. The van der Waals surface area contributed by atoms with Gasteiger partial charge in [-0.1, -0.05) is 24.4 Å². The SMILES string of the molecule is O=C(O)c1ccc(Cl)nc1NC1CCCC1. The predicted molar refractivity (Wildman–Crippen MR) is 62.1 cm³/mol. The highest BCUT2D eigenvalue weighted by molar-refractivity contribution is 6.29. The van der Waals surface area contributed by atoms with Crippen molar-refractivity contribution >= 4 is 23.4 Å². The number of carboxylic acids is 1. The summed E-state index contributed by atoms with van der Waals surface area (Å²) < 4.78 is 0. The van der Waals surface area contributed by atoms with Crippen molar-refractivity contribution < 1.29 is 9.90 Å². The number of hydrogen-bond acceptors (Lipinski definition) is 3. The number of halogens is 1. The third-order valence-corrected chi connectivity index (χ3v) is 3.00. The van der Waals surface area contributed by atoms with Gasteiger partial charge in [0.2, 0.25) is 0 Å². The summed E-state index contributed by atoms with van der Waals surface area (Å²) in [5, 5.41) is 12.5. The number of nitrogens with zero attached hydrogens (tertiary/aromatic N) is 1. The van der Waals surface area contributed by atoms with Crippen molar-refractivity contribution in [2.75, 3.05) is 5.32 Å². The quantitative estimate of drug-likeness (QED) is 0.798. The predicted octanol–water partition coefficient (Wildman–Crippen LogP) is 2.79. The maximum atomic E-state index is 11.0. The molecule has 2 N–H and O–H groups in total. The summed E-state index contributed by atoms with van der Waals surface area (Å²) in [6, 6.07) is 3.30. The van der Waals surface area contributed by atoms with Crippen LogP contribution in [0.2, 0.25) is 5.15 Å². The van der Waals surface area contributed by atoms with Gasteiger partial charge in [0.1, 0.15) is 16.5 Å². The Morgan fingerprint density at radius 2 is 2.12 bits per heavy atom. The molecular formula is C11H13ClN2O2. The second-order valence-electron chi connectivity index (χ2n) is 3.96. The third-order valence-electron chi connectivity index (χ3n) is 2.79. The Labute approximate surface area is 98.6 Å². The van der Waals surface area contributed by atoms with Crippen LogP contribution in [0.15, 0.2) is 12.1 Å². The summed E-state index contributed by atoms with van der Waals surface area (Å²) in [7, 11) is 0. The van der Waals surface area contributed by atoms with Gasteiger partial charge in [0, 0.05) is 6.04 Å². The van der Waals surface area contributed by atoms with Crippen LogP contribution in [-0.2, 0) is 0 Å². The number of anilines is 1. The zero-order valence-corrected chi connectivity index (χ0v) is 9.50. The molecule has 0 amide bonds. The summed E-state index contributed by atoms with van der Waals surface area (Å²) in [5.74, 6) is -0.600. The lowest BCUT2D eigenvalue weighted by molar-refractivity contribution is 0.0697. The molecule has 0 aromatic carbocycles. The molecule has 0 spiro atoms. The monoisotopic (exact) mass is 240 g/mol. The van der Waals surface area contributed by atoms with E-state index in [1.165, 1.54) is 25.0 Å². The Morgan fingerprint density at radius 1 is 1.44 bits per heavy atom. The van der Waals surface area contributed by atoms with Crippen molar-refractivity contribution in [3.63, 3.8) is 0 Å². The molecule has 1 aromatic rings. The van der Waals surface area contributed by atoms with Gasteiger partial charge >= 0.3 is 5.97 Å². The van der Waals surface area contributed by atoms with Gasteiger partial charge in [-0.15, -0.1) is 0 Å². The minimum absolute atomic E-state index is 0.177. The van der Waals surface area contributed by atoms with Crippen molar-refractivity contribution in [3.8, 4) is 0 Å². The van der Waals surface area contributed by atoms with Gasteiger partial charge in [-0.2, -0.15) is 0 Å². The van der Waals surface area contributed by atoms with Crippen LogP contribution in [0, 0.1) is 0 Å². The van der Waals surface area contributed by atoms with E-state index in [-0.39, 0.29) is 5.56 Å². The number of carbonyl (C=O) groups is 1. The summed E-state index contributed by atoms with van der Waals surface area (Å²) in [6.07, 6.45) is 4.49. The molecule has 0 aliphatic heterocycles. The molecule has 0 radical (unpaired) electrons. The normalized spacial score (nSPS) is 16.3. The highest BCUT2D eigenvalue weighted by Crippen LogP contribution is 2.24. The molecule has 0 atom stereocenters. The number of nitrogens with one attached hydrogen (secondary N) is 1. The van der Waals surface area contributed by atoms with Gasteiger partial charge in [-0.3, -0.25) is 0 Å². The Kier molecular flexibility index (Phi) is 3.29.